The van der Waals surface area contributed by atoms with Gasteiger partial charge in [-0.1, -0.05) is 34.1 Å². The van der Waals surface area contributed by atoms with Crippen molar-refractivity contribution in [2.75, 3.05) is 6.54 Å². The van der Waals surface area contributed by atoms with E-state index >= 15 is 0 Å². The van der Waals surface area contributed by atoms with Crippen LogP contribution in [0.5, 0.6) is 0 Å². The van der Waals surface area contributed by atoms with Crippen molar-refractivity contribution in [1.29, 1.82) is 0 Å². The molecule has 1 N–H and O–H groups in total. The van der Waals surface area contributed by atoms with E-state index in [-0.39, 0.29) is 30.4 Å². The van der Waals surface area contributed by atoms with E-state index in [0.717, 1.165) is 25.7 Å². The van der Waals surface area contributed by atoms with Gasteiger partial charge >= 0.3 is 0 Å². The first kappa shape index (κ1) is 15.0. The fourth-order valence-electron chi connectivity index (χ4n) is 2.59. The van der Waals surface area contributed by atoms with Crippen molar-refractivity contribution in [3.05, 3.63) is 0 Å². The Morgan fingerprint density at radius 3 is 2.50 bits per heavy atom. The number of piperazine rings is 1. The molecule has 104 valence electrons. The van der Waals surface area contributed by atoms with Crippen LogP contribution >= 0.6 is 0 Å². The minimum Gasteiger partial charge on any atom is -0.343 e. The molecule has 0 spiro atoms. The first-order valence-corrected chi connectivity index (χ1v) is 7.09. The summed E-state index contributed by atoms with van der Waals surface area (Å²) in [7, 11) is 0. The van der Waals surface area contributed by atoms with Crippen molar-refractivity contribution < 1.29 is 9.59 Å². The van der Waals surface area contributed by atoms with Crippen LogP contribution in [0.1, 0.15) is 53.4 Å². The monoisotopic (exact) mass is 254 g/mol. The molecule has 2 atom stereocenters. The summed E-state index contributed by atoms with van der Waals surface area (Å²) in [5.41, 5.74) is 0. The summed E-state index contributed by atoms with van der Waals surface area (Å²) in [6.45, 7) is 8.57. The smallest absolute Gasteiger partial charge is 0.245 e. The molecule has 1 heterocycles. The highest BCUT2D eigenvalue weighted by atomic mass is 16.2. The van der Waals surface area contributed by atoms with Crippen molar-refractivity contribution in [2.24, 2.45) is 5.92 Å². The molecule has 4 nitrogen and oxygen atoms in total. The van der Waals surface area contributed by atoms with Gasteiger partial charge in [0, 0.05) is 6.04 Å². The number of hydrogen-bond acceptors (Lipinski definition) is 2. The van der Waals surface area contributed by atoms with Crippen LogP contribution in [-0.2, 0) is 9.59 Å². The second-order valence-electron chi connectivity index (χ2n) is 5.57. The number of carbonyl (C=O) groups is 2. The molecule has 4 heteroatoms. The van der Waals surface area contributed by atoms with Gasteiger partial charge in [0.15, 0.2) is 0 Å². The number of nitrogens with zero attached hydrogens (tertiary/aromatic N) is 1. The molecule has 2 amide bonds. The molecule has 0 aromatic heterocycles. The van der Waals surface area contributed by atoms with Crippen molar-refractivity contribution in [3.63, 3.8) is 0 Å². The zero-order chi connectivity index (χ0) is 13.7. The fraction of sp³-hybridized carbons (Fsp3) is 0.857. The fourth-order valence-corrected chi connectivity index (χ4v) is 2.59. The summed E-state index contributed by atoms with van der Waals surface area (Å²) in [6, 6.07) is -0.111. The maximum absolute atomic E-state index is 12.4. The number of amides is 2. The van der Waals surface area contributed by atoms with Gasteiger partial charge < -0.3 is 10.2 Å². The van der Waals surface area contributed by atoms with E-state index < -0.39 is 0 Å². The van der Waals surface area contributed by atoms with Gasteiger partial charge in [-0.25, -0.2) is 0 Å². The van der Waals surface area contributed by atoms with Crippen LogP contribution in [0.2, 0.25) is 0 Å². The molecule has 0 radical (unpaired) electrons. The lowest BCUT2D eigenvalue weighted by Gasteiger charge is -2.38. The average Bonchev–Trinajstić information content (AvgIpc) is 2.30. The second-order valence-corrected chi connectivity index (χ2v) is 5.57. The molecule has 0 bridgehead atoms. The van der Waals surface area contributed by atoms with Crippen LogP contribution in [0.4, 0.5) is 0 Å². The Kier molecular flexibility index (Phi) is 5.63. The van der Waals surface area contributed by atoms with Gasteiger partial charge in [0.1, 0.15) is 6.04 Å². The molecule has 1 rings (SSSR count). The molecule has 1 aliphatic heterocycles. The Bertz CT molecular complexity index is 302. The van der Waals surface area contributed by atoms with E-state index in [9.17, 15) is 9.59 Å². The zero-order valence-corrected chi connectivity index (χ0v) is 12.0. The molecular formula is C14H26N2O2. The Morgan fingerprint density at radius 1 is 1.33 bits per heavy atom. The lowest BCUT2D eigenvalue weighted by Crippen LogP contribution is -2.60. The summed E-state index contributed by atoms with van der Waals surface area (Å²) in [5.74, 6) is 0.490. The first-order chi connectivity index (χ1) is 8.49. The maximum atomic E-state index is 12.4. The highest BCUT2D eigenvalue weighted by Crippen LogP contribution is 2.18. The molecule has 1 fully saturated rings. The lowest BCUT2D eigenvalue weighted by atomic mass is 9.98. The molecule has 1 aliphatic rings. The van der Waals surface area contributed by atoms with Crippen molar-refractivity contribution >= 4 is 11.8 Å². The second kappa shape index (κ2) is 6.76. The lowest BCUT2D eigenvalue weighted by molar-refractivity contribution is -0.147. The van der Waals surface area contributed by atoms with Crippen molar-refractivity contribution in [2.45, 2.75) is 65.5 Å². The van der Waals surface area contributed by atoms with E-state index in [1.165, 1.54) is 0 Å². The van der Waals surface area contributed by atoms with E-state index in [1.54, 1.807) is 4.90 Å². The van der Waals surface area contributed by atoms with Gasteiger partial charge in [-0.05, 0) is 25.2 Å². The number of hydrogen-bond donors (Lipinski definition) is 1. The van der Waals surface area contributed by atoms with Crippen LogP contribution in [0.25, 0.3) is 0 Å². The summed E-state index contributed by atoms with van der Waals surface area (Å²) in [4.78, 5) is 25.9. The third kappa shape index (κ3) is 3.72. The van der Waals surface area contributed by atoms with Crippen LogP contribution in [0, 0.1) is 5.92 Å². The third-order valence-corrected chi connectivity index (χ3v) is 3.47. The zero-order valence-electron chi connectivity index (χ0n) is 12.0. The van der Waals surface area contributed by atoms with Crippen LogP contribution < -0.4 is 5.32 Å². The summed E-state index contributed by atoms with van der Waals surface area (Å²) >= 11 is 0. The molecule has 0 saturated carbocycles. The summed E-state index contributed by atoms with van der Waals surface area (Å²) < 4.78 is 0. The van der Waals surface area contributed by atoms with E-state index in [4.69, 9.17) is 0 Å². The molecule has 18 heavy (non-hydrogen) atoms. The average molecular weight is 254 g/mol. The van der Waals surface area contributed by atoms with Gasteiger partial charge in [0.05, 0.1) is 6.54 Å². The minimum absolute atomic E-state index is 0.0187. The number of rotatable bonds is 6. The summed E-state index contributed by atoms with van der Waals surface area (Å²) in [6.07, 6.45) is 3.66. The van der Waals surface area contributed by atoms with E-state index in [2.05, 4.69) is 33.0 Å². The normalized spacial score (nSPS) is 22.3. The quantitative estimate of drug-likeness (QED) is 0.787. The van der Waals surface area contributed by atoms with Crippen LogP contribution in [-0.4, -0.2) is 35.3 Å². The highest BCUT2D eigenvalue weighted by Gasteiger charge is 2.35. The summed E-state index contributed by atoms with van der Waals surface area (Å²) in [5, 5.41) is 2.82. The Morgan fingerprint density at radius 2 is 2.00 bits per heavy atom. The number of nitrogens with one attached hydrogen (secondary N) is 1. The first-order valence-electron chi connectivity index (χ1n) is 7.09. The highest BCUT2D eigenvalue weighted by molar-refractivity contribution is 5.95. The maximum Gasteiger partial charge on any atom is 0.245 e. The Hall–Kier alpha value is -1.06. The van der Waals surface area contributed by atoms with Crippen LogP contribution in [0.3, 0.4) is 0 Å². The number of carbonyl (C=O) groups excluding carboxylic acids is 2. The molecule has 0 aromatic rings. The Labute approximate surface area is 110 Å². The van der Waals surface area contributed by atoms with Gasteiger partial charge in [-0.3, -0.25) is 9.59 Å². The van der Waals surface area contributed by atoms with Gasteiger partial charge in [0.25, 0.3) is 0 Å². The molecule has 2 unspecified atom stereocenters. The minimum atomic E-state index is -0.322. The molecule has 1 saturated heterocycles. The predicted molar refractivity (Wildman–Crippen MR) is 72.1 cm³/mol. The molecule has 0 aromatic carbocycles. The standard InChI is InChI=1S/C14H26N2O2/c1-5-7-11(6-2)16-9-13(17)15-12(14(16)18)8-10(3)4/h10-12H,5-9H2,1-4H3,(H,15,17). The van der Waals surface area contributed by atoms with E-state index in [1.807, 2.05) is 0 Å². The molecular weight excluding hydrogens is 228 g/mol. The van der Waals surface area contributed by atoms with E-state index in [0.29, 0.717) is 5.92 Å². The Balaban J connectivity index is 2.77. The topological polar surface area (TPSA) is 49.4 Å². The largest absolute Gasteiger partial charge is 0.343 e. The van der Waals surface area contributed by atoms with Crippen molar-refractivity contribution in [1.82, 2.24) is 10.2 Å². The molecule has 0 aliphatic carbocycles. The van der Waals surface area contributed by atoms with Gasteiger partial charge in [-0.15, -0.1) is 0 Å². The third-order valence-electron chi connectivity index (χ3n) is 3.47. The van der Waals surface area contributed by atoms with Gasteiger partial charge in [-0.2, -0.15) is 0 Å². The van der Waals surface area contributed by atoms with Crippen LogP contribution in [0.15, 0.2) is 0 Å². The SMILES string of the molecule is CCCC(CC)N1CC(=O)NC(CC(C)C)C1=O. The van der Waals surface area contributed by atoms with Crippen molar-refractivity contribution in [3.8, 4) is 0 Å². The van der Waals surface area contributed by atoms with Gasteiger partial charge in [0.2, 0.25) is 11.8 Å². The predicted octanol–water partition coefficient (Wildman–Crippen LogP) is 1.94.